The lowest BCUT2D eigenvalue weighted by molar-refractivity contribution is 0.0588. The SMILES string of the molecule is COC(=O)c1cc(C)ccc1S.COC(=O)c1ccc(Cl)cc1S. The third kappa shape index (κ3) is 5.78. The number of methoxy groups -OCH3 is 2. The molecule has 0 saturated carbocycles. The van der Waals surface area contributed by atoms with E-state index in [1.807, 2.05) is 13.0 Å². The third-order valence-electron chi connectivity index (χ3n) is 2.92. The van der Waals surface area contributed by atoms with Gasteiger partial charge in [-0.2, -0.15) is 0 Å². The van der Waals surface area contributed by atoms with Crippen molar-refractivity contribution in [2.45, 2.75) is 16.7 Å². The zero-order valence-corrected chi connectivity index (χ0v) is 15.9. The molecule has 128 valence electrons. The Morgan fingerprint density at radius 3 is 2.00 bits per heavy atom. The quantitative estimate of drug-likeness (QED) is 0.591. The van der Waals surface area contributed by atoms with Crippen LogP contribution in [-0.2, 0) is 9.47 Å². The Balaban J connectivity index is 0.000000240. The van der Waals surface area contributed by atoms with E-state index in [1.54, 1.807) is 30.3 Å². The van der Waals surface area contributed by atoms with E-state index >= 15 is 0 Å². The van der Waals surface area contributed by atoms with Crippen molar-refractivity contribution in [1.82, 2.24) is 0 Å². The first-order valence-electron chi connectivity index (χ1n) is 6.75. The highest BCUT2D eigenvalue weighted by Crippen LogP contribution is 2.19. The zero-order chi connectivity index (χ0) is 18.3. The Hall–Kier alpha value is -1.63. The van der Waals surface area contributed by atoms with Crippen molar-refractivity contribution in [1.29, 1.82) is 0 Å². The van der Waals surface area contributed by atoms with Crippen molar-refractivity contribution < 1.29 is 19.1 Å². The highest BCUT2D eigenvalue weighted by molar-refractivity contribution is 7.80. The number of thiol groups is 2. The number of hydrogen-bond donors (Lipinski definition) is 2. The lowest BCUT2D eigenvalue weighted by atomic mass is 10.1. The zero-order valence-electron chi connectivity index (χ0n) is 13.4. The summed E-state index contributed by atoms with van der Waals surface area (Å²) in [6, 6.07) is 10.2. The number of ether oxygens (including phenoxy) is 2. The van der Waals surface area contributed by atoms with E-state index in [0.29, 0.717) is 25.9 Å². The first kappa shape index (κ1) is 20.4. The van der Waals surface area contributed by atoms with Crippen molar-refractivity contribution in [3.8, 4) is 0 Å². The van der Waals surface area contributed by atoms with Gasteiger partial charge in [-0.25, -0.2) is 9.59 Å². The Bertz CT molecular complexity index is 747. The van der Waals surface area contributed by atoms with Gasteiger partial charge in [0.05, 0.1) is 25.3 Å². The van der Waals surface area contributed by atoms with E-state index < -0.39 is 5.97 Å². The van der Waals surface area contributed by atoms with E-state index in [4.69, 9.17) is 11.6 Å². The van der Waals surface area contributed by atoms with Crippen LogP contribution in [0.4, 0.5) is 0 Å². The molecule has 0 atom stereocenters. The maximum absolute atomic E-state index is 11.1. The van der Waals surface area contributed by atoms with Gasteiger partial charge in [0.25, 0.3) is 0 Å². The Morgan fingerprint density at radius 1 is 0.875 bits per heavy atom. The molecule has 0 aliphatic heterocycles. The number of benzene rings is 2. The fourth-order valence-electron chi connectivity index (χ4n) is 1.71. The molecule has 4 nitrogen and oxygen atoms in total. The van der Waals surface area contributed by atoms with Gasteiger partial charge in [-0.1, -0.05) is 23.2 Å². The molecule has 0 fully saturated rings. The molecule has 0 amide bonds. The smallest absolute Gasteiger partial charge is 0.338 e. The second-order valence-corrected chi connectivity index (χ2v) is 6.07. The molecule has 0 radical (unpaired) electrons. The van der Waals surface area contributed by atoms with Crippen LogP contribution < -0.4 is 0 Å². The molecule has 7 heteroatoms. The van der Waals surface area contributed by atoms with Gasteiger partial charge in [-0.05, 0) is 37.3 Å². The molecule has 0 spiro atoms. The standard InChI is InChI=1S/C9H10O2S.C8H7ClO2S/c1-6-3-4-8(12)7(5-6)9(10)11-2;1-11-8(10)6-3-2-5(9)4-7(6)12/h3-5,12H,1-2H3;2-4,12H,1H3. The molecular weight excluding hydrogens is 368 g/mol. The molecule has 2 rings (SSSR count). The molecule has 0 aromatic heterocycles. The van der Waals surface area contributed by atoms with Gasteiger partial charge in [-0.3, -0.25) is 0 Å². The molecular formula is C17H17ClO4S2. The number of halogens is 1. The molecule has 2 aromatic rings. The summed E-state index contributed by atoms with van der Waals surface area (Å²) >= 11 is 13.9. The van der Waals surface area contributed by atoms with Gasteiger partial charge in [0.1, 0.15) is 0 Å². The molecule has 0 bridgehead atoms. The van der Waals surface area contributed by atoms with Crippen LogP contribution in [0.1, 0.15) is 26.3 Å². The summed E-state index contributed by atoms with van der Waals surface area (Å²) in [6.45, 7) is 1.92. The van der Waals surface area contributed by atoms with Gasteiger partial charge in [0.15, 0.2) is 0 Å². The van der Waals surface area contributed by atoms with Crippen molar-refractivity contribution in [2.75, 3.05) is 14.2 Å². The Morgan fingerprint density at radius 2 is 1.46 bits per heavy atom. The number of aryl methyl sites for hydroxylation is 1. The molecule has 0 N–H and O–H groups in total. The van der Waals surface area contributed by atoms with Crippen LogP contribution in [-0.4, -0.2) is 26.2 Å². The van der Waals surface area contributed by atoms with E-state index in [9.17, 15) is 9.59 Å². The Labute approximate surface area is 156 Å². The molecule has 24 heavy (non-hydrogen) atoms. The predicted molar refractivity (Wildman–Crippen MR) is 99.8 cm³/mol. The second kappa shape index (κ2) is 9.61. The van der Waals surface area contributed by atoms with Crippen LogP contribution in [0.5, 0.6) is 0 Å². The predicted octanol–water partition coefficient (Wildman–Crippen LogP) is 4.49. The van der Waals surface area contributed by atoms with Gasteiger partial charge in [0.2, 0.25) is 0 Å². The van der Waals surface area contributed by atoms with Crippen molar-refractivity contribution in [3.63, 3.8) is 0 Å². The lowest BCUT2D eigenvalue weighted by Gasteiger charge is -2.03. The van der Waals surface area contributed by atoms with Gasteiger partial charge < -0.3 is 9.47 Å². The maximum atomic E-state index is 11.1. The number of carbonyl (C=O) groups excluding carboxylic acids is 2. The van der Waals surface area contributed by atoms with Gasteiger partial charge in [0, 0.05) is 14.8 Å². The van der Waals surface area contributed by atoms with Crippen LogP contribution in [0.15, 0.2) is 46.2 Å². The van der Waals surface area contributed by atoms with Crippen molar-refractivity contribution in [2.24, 2.45) is 0 Å². The second-order valence-electron chi connectivity index (χ2n) is 4.67. The van der Waals surface area contributed by atoms with E-state index in [0.717, 1.165) is 5.56 Å². The van der Waals surface area contributed by atoms with Crippen molar-refractivity contribution >= 4 is 48.8 Å². The average molecular weight is 385 g/mol. The van der Waals surface area contributed by atoms with Crippen LogP contribution in [0.2, 0.25) is 5.02 Å². The molecule has 0 unspecified atom stereocenters. The third-order valence-corrected chi connectivity index (χ3v) is 3.92. The minimum absolute atomic E-state index is 0.344. The summed E-state index contributed by atoms with van der Waals surface area (Å²) in [5.41, 5.74) is 1.96. The van der Waals surface area contributed by atoms with E-state index in [-0.39, 0.29) is 5.97 Å². The van der Waals surface area contributed by atoms with Gasteiger partial charge >= 0.3 is 11.9 Å². The number of rotatable bonds is 2. The number of carbonyl (C=O) groups is 2. The maximum Gasteiger partial charge on any atom is 0.338 e. The van der Waals surface area contributed by atoms with Crippen molar-refractivity contribution in [3.05, 3.63) is 58.1 Å². The molecule has 2 aromatic carbocycles. The summed E-state index contributed by atoms with van der Waals surface area (Å²) in [5.74, 6) is -0.750. The summed E-state index contributed by atoms with van der Waals surface area (Å²) in [5, 5.41) is 0.549. The normalized spacial score (nSPS) is 9.58. The van der Waals surface area contributed by atoms with Crippen LogP contribution >= 0.6 is 36.9 Å². The lowest BCUT2D eigenvalue weighted by Crippen LogP contribution is -2.02. The van der Waals surface area contributed by atoms with E-state index in [2.05, 4.69) is 34.7 Å². The topological polar surface area (TPSA) is 52.6 Å². The molecule has 0 aliphatic carbocycles. The number of hydrogen-bond acceptors (Lipinski definition) is 6. The molecule has 0 heterocycles. The average Bonchev–Trinajstić information content (AvgIpc) is 2.56. The summed E-state index contributed by atoms with van der Waals surface area (Å²) < 4.78 is 9.11. The fourth-order valence-corrected chi connectivity index (χ4v) is 2.49. The largest absolute Gasteiger partial charge is 0.465 e. The summed E-state index contributed by atoms with van der Waals surface area (Å²) in [4.78, 5) is 23.3. The molecule has 0 saturated heterocycles. The van der Waals surface area contributed by atoms with Crippen LogP contribution in [0, 0.1) is 6.92 Å². The van der Waals surface area contributed by atoms with Crippen LogP contribution in [0.25, 0.3) is 0 Å². The molecule has 0 aliphatic rings. The van der Waals surface area contributed by atoms with Crippen LogP contribution in [0.3, 0.4) is 0 Å². The van der Waals surface area contributed by atoms with Gasteiger partial charge in [-0.15, -0.1) is 25.3 Å². The highest BCUT2D eigenvalue weighted by atomic mass is 35.5. The summed E-state index contributed by atoms with van der Waals surface area (Å²) in [6.07, 6.45) is 0. The first-order valence-corrected chi connectivity index (χ1v) is 8.02. The summed E-state index contributed by atoms with van der Waals surface area (Å²) in [7, 11) is 2.68. The number of esters is 2. The first-order chi connectivity index (χ1) is 11.3. The minimum atomic E-state index is -0.406. The minimum Gasteiger partial charge on any atom is -0.465 e. The fraction of sp³-hybridized carbons (Fsp3) is 0.176. The van der Waals surface area contributed by atoms with E-state index in [1.165, 1.54) is 14.2 Å². The highest BCUT2D eigenvalue weighted by Gasteiger charge is 2.09. The Kier molecular flexibility index (Phi) is 8.18. The monoisotopic (exact) mass is 384 g/mol.